The Hall–Kier alpha value is -1.59. The molecule has 2 amide bonds. The van der Waals surface area contributed by atoms with Gasteiger partial charge < -0.3 is 16.0 Å². The summed E-state index contributed by atoms with van der Waals surface area (Å²) in [5, 5.41) is 9.64. The van der Waals surface area contributed by atoms with Gasteiger partial charge in [-0.2, -0.15) is 0 Å². The first kappa shape index (κ1) is 17.2. The number of benzene rings is 1. The lowest BCUT2D eigenvalue weighted by Gasteiger charge is -2.29. The van der Waals surface area contributed by atoms with Crippen LogP contribution in [0.25, 0.3) is 0 Å². The van der Waals surface area contributed by atoms with Gasteiger partial charge in [0.25, 0.3) is 5.91 Å². The number of piperidine rings is 1. The summed E-state index contributed by atoms with van der Waals surface area (Å²) in [6.07, 6.45) is 6.42. The van der Waals surface area contributed by atoms with Crippen LogP contribution in [-0.4, -0.2) is 29.9 Å². The van der Waals surface area contributed by atoms with Crippen molar-refractivity contribution in [2.24, 2.45) is 5.92 Å². The Morgan fingerprint density at radius 2 is 1.75 bits per heavy atom. The fourth-order valence-electron chi connectivity index (χ4n) is 3.77. The molecule has 2 unspecified atom stereocenters. The van der Waals surface area contributed by atoms with Gasteiger partial charge in [-0.05, 0) is 56.7 Å². The quantitative estimate of drug-likeness (QED) is 0.782. The number of amides is 2. The average Bonchev–Trinajstić information content (AvgIpc) is 3.33. The van der Waals surface area contributed by atoms with Crippen molar-refractivity contribution in [2.75, 3.05) is 5.32 Å². The van der Waals surface area contributed by atoms with Gasteiger partial charge >= 0.3 is 0 Å². The zero-order chi connectivity index (χ0) is 15.8. The van der Waals surface area contributed by atoms with Crippen LogP contribution in [0.5, 0.6) is 0 Å². The zero-order valence-corrected chi connectivity index (χ0v) is 14.4. The number of hydrogen-bond donors (Lipinski definition) is 3. The molecular weight excluding hydrogens is 326 g/mol. The van der Waals surface area contributed by atoms with Crippen LogP contribution >= 0.6 is 12.4 Å². The molecule has 0 radical (unpaired) electrons. The van der Waals surface area contributed by atoms with E-state index in [-0.39, 0.29) is 36.2 Å². The van der Waals surface area contributed by atoms with E-state index in [1.807, 2.05) is 12.1 Å². The van der Waals surface area contributed by atoms with Crippen LogP contribution in [0.1, 0.15) is 48.9 Å². The number of carbonyl (C=O) groups is 2. The fourth-order valence-corrected chi connectivity index (χ4v) is 3.77. The molecule has 1 aliphatic carbocycles. The summed E-state index contributed by atoms with van der Waals surface area (Å²) < 4.78 is 0. The minimum absolute atomic E-state index is 0. The second-order valence-electron chi connectivity index (χ2n) is 7.12. The maximum atomic E-state index is 12.5. The molecule has 1 saturated carbocycles. The molecule has 2 aliphatic heterocycles. The topological polar surface area (TPSA) is 70.2 Å². The Labute approximate surface area is 148 Å². The van der Waals surface area contributed by atoms with Crippen LogP contribution < -0.4 is 16.0 Å². The number of rotatable bonds is 4. The molecule has 4 rings (SSSR count). The number of carbonyl (C=O) groups excluding carboxylic acids is 2. The van der Waals surface area contributed by atoms with E-state index in [9.17, 15) is 9.59 Å². The predicted octanol–water partition coefficient (Wildman–Crippen LogP) is 2.47. The van der Waals surface area contributed by atoms with E-state index in [4.69, 9.17) is 0 Å². The third-order valence-electron chi connectivity index (χ3n) is 5.15. The molecule has 6 heteroatoms. The Balaban J connectivity index is 0.00000169. The van der Waals surface area contributed by atoms with Crippen LogP contribution in [-0.2, 0) is 4.79 Å². The maximum Gasteiger partial charge on any atom is 0.251 e. The van der Waals surface area contributed by atoms with E-state index < -0.39 is 0 Å². The molecule has 0 spiro atoms. The molecule has 3 fully saturated rings. The predicted molar refractivity (Wildman–Crippen MR) is 95.5 cm³/mol. The van der Waals surface area contributed by atoms with Crippen LogP contribution in [0, 0.1) is 5.92 Å². The summed E-state index contributed by atoms with van der Waals surface area (Å²) in [5.74, 6) is 0.189. The number of anilines is 1. The Bertz CT molecular complexity index is 620. The minimum Gasteiger partial charge on any atom is -0.349 e. The molecule has 3 N–H and O–H groups in total. The van der Waals surface area contributed by atoms with Crippen molar-refractivity contribution < 1.29 is 9.59 Å². The molecule has 3 aliphatic rings. The van der Waals surface area contributed by atoms with Crippen LogP contribution in [0.15, 0.2) is 24.3 Å². The van der Waals surface area contributed by atoms with E-state index in [1.165, 1.54) is 12.8 Å². The lowest BCUT2D eigenvalue weighted by Crippen LogP contribution is -2.48. The fraction of sp³-hybridized carbons (Fsp3) is 0.556. The molecule has 5 nitrogen and oxygen atoms in total. The standard InChI is InChI=1S/C18H23N3O2.ClH/c22-17(11-4-5-11)20-13-3-1-2-12(8-13)18(23)21-16-9-14-6-7-15(10-16)19-14;/h1-3,8,11,14-16,19H,4-7,9-10H2,(H,20,22)(H,21,23);1H. The number of halogens is 1. The van der Waals surface area contributed by atoms with E-state index in [1.54, 1.807) is 12.1 Å². The van der Waals surface area contributed by atoms with Gasteiger partial charge in [-0.1, -0.05) is 6.07 Å². The third-order valence-corrected chi connectivity index (χ3v) is 5.15. The summed E-state index contributed by atoms with van der Waals surface area (Å²) >= 11 is 0. The van der Waals surface area contributed by atoms with Gasteiger partial charge in [-0.3, -0.25) is 9.59 Å². The van der Waals surface area contributed by atoms with Crippen molar-refractivity contribution in [1.29, 1.82) is 0 Å². The summed E-state index contributed by atoms with van der Waals surface area (Å²) in [5.41, 5.74) is 1.32. The van der Waals surface area contributed by atoms with Gasteiger partial charge in [0.05, 0.1) is 0 Å². The second-order valence-corrected chi connectivity index (χ2v) is 7.12. The lowest BCUT2D eigenvalue weighted by atomic mass is 9.99. The highest BCUT2D eigenvalue weighted by atomic mass is 35.5. The van der Waals surface area contributed by atoms with Crippen molar-refractivity contribution in [2.45, 2.75) is 56.7 Å². The highest BCUT2D eigenvalue weighted by Gasteiger charge is 2.34. The van der Waals surface area contributed by atoms with Crippen molar-refractivity contribution in [1.82, 2.24) is 10.6 Å². The Morgan fingerprint density at radius 3 is 2.42 bits per heavy atom. The van der Waals surface area contributed by atoms with Crippen molar-refractivity contribution in [3.63, 3.8) is 0 Å². The highest BCUT2D eigenvalue weighted by Crippen LogP contribution is 2.30. The largest absolute Gasteiger partial charge is 0.349 e. The second kappa shape index (κ2) is 7.11. The highest BCUT2D eigenvalue weighted by molar-refractivity contribution is 5.98. The van der Waals surface area contributed by atoms with E-state index in [0.29, 0.717) is 23.3 Å². The molecule has 0 aromatic heterocycles. The first-order valence-corrected chi connectivity index (χ1v) is 8.65. The summed E-state index contributed by atoms with van der Waals surface area (Å²) in [7, 11) is 0. The first-order valence-electron chi connectivity index (χ1n) is 8.65. The molecule has 2 atom stereocenters. The molecule has 2 heterocycles. The van der Waals surface area contributed by atoms with Gasteiger partial charge in [-0.25, -0.2) is 0 Å². The van der Waals surface area contributed by atoms with Gasteiger partial charge in [-0.15, -0.1) is 12.4 Å². The van der Waals surface area contributed by atoms with Gasteiger partial charge in [0.15, 0.2) is 0 Å². The SMILES string of the molecule is Cl.O=C(NC1CC2CCC(C1)N2)c1cccc(NC(=O)C2CC2)c1. The van der Waals surface area contributed by atoms with E-state index in [0.717, 1.165) is 25.7 Å². The third kappa shape index (κ3) is 3.90. The van der Waals surface area contributed by atoms with E-state index in [2.05, 4.69) is 16.0 Å². The molecule has 1 aromatic carbocycles. The van der Waals surface area contributed by atoms with Gasteiger partial charge in [0.2, 0.25) is 5.91 Å². The molecular formula is C18H24ClN3O2. The summed E-state index contributed by atoms with van der Waals surface area (Å²) in [6.45, 7) is 0. The van der Waals surface area contributed by atoms with Gasteiger partial charge in [0, 0.05) is 35.3 Å². The average molecular weight is 350 g/mol. The summed E-state index contributed by atoms with van der Waals surface area (Å²) in [6, 6.07) is 8.60. The van der Waals surface area contributed by atoms with Crippen molar-refractivity contribution in [3.8, 4) is 0 Å². The van der Waals surface area contributed by atoms with Crippen LogP contribution in [0.3, 0.4) is 0 Å². The lowest BCUT2D eigenvalue weighted by molar-refractivity contribution is -0.117. The molecule has 130 valence electrons. The maximum absolute atomic E-state index is 12.5. The summed E-state index contributed by atoms with van der Waals surface area (Å²) in [4.78, 5) is 24.3. The normalized spacial score (nSPS) is 27.9. The molecule has 24 heavy (non-hydrogen) atoms. The van der Waals surface area contributed by atoms with E-state index >= 15 is 0 Å². The Kier molecular flexibility index (Phi) is 5.11. The monoisotopic (exact) mass is 349 g/mol. The van der Waals surface area contributed by atoms with Crippen molar-refractivity contribution >= 4 is 29.9 Å². The number of fused-ring (bicyclic) bond motifs is 2. The minimum atomic E-state index is -0.0428. The van der Waals surface area contributed by atoms with Crippen LogP contribution in [0.2, 0.25) is 0 Å². The Morgan fingerprint density at radius 1 is 1.04 bits per heavy atom. The smallest absolute Gasteiger partial charge is 0.251 e. The van der Waals surface area contributed by atoms with Gasteiger partial charge in [0.1, 0.15) is 0 Å². The van der Waals surface area contributed by atoms with Crippen LogP contribution in [0.4, 0.5) is 5.69 Å². The zero-order valence-electron chi connectivity index (χ0n) is 13.6. The molecule has 1 aromatic rings. The van der Waals surface area contributed by atoms with Crippen molar-refractivity contribution in [3.05, 3.63) is 29.8 Å². The first-order chi connectivity index (χ1) is 11.2. The molecule has 2 saturated heterocycles. The molecule has 2 bridgehead atoms. The number of nitrogens with one attached hydrogen (secondary N) is 3. The number of hydrogen-bond acceptors (Lipinski definition) is 3.